The molecule has 0 aliphatic carbocycles. The molecular weight excluding hydrogens is 422 g/mol. The van der Waals surface area contributed by atoms with Crippen LogP contribution in [0.4, 0.5) is 5.69 Å². The molecule has 1 saturated heterocycles. The summed E-state index contributed by atoms with van der Waals surface area (Å²) >= 11 is 0. The maximum Gasteiger partial charge on any atom is 0.274 e. The van der Waals surface area contributed by atoms with Crippen LogP contribution in [0.3, 0.4) is 0 Å². The maximum absolute atomic E-state index is 11.5. The maximum atomic E-state index is 11.5. The molecule has 1 aliphatic rings. The van der Waals surface area contributed by atoms with Gasteiger partial charge in [0.05, 0.1) is 0 Å². The van der Waals surface area contributed by atoms with Crippen LogP contribution in [0.1, 0.15) is 66.7 Å². The van der Waals surface area contributed by atoms with Crippen molar-refractivity contribution in [1.29, 1.82) is 0 Å². The molecule has 1 fully saturated rings. The molecule has 0 aromatic heterocycles. The second-order valence-electron chi connectivity index (χ2n) is 10.6. The van der Waals surface area contributed by atoms with Crippen molar-refractivity contribution in [3.8, 4) is 0 Å². The van der Waals surface area contributed by atoms with Gasteiger partial charge in [0.25, 0.3) is 5.91 Å². The van der Waals surface area contributed by atoms with Gasteiger partial charge in [0.15, 0.2) is 0 Å². The molecule has 5 nitrogen and oxygen atoms in total. The molecule has 34 heavy (non-hydrogen) atoms. The highest BCUT2D eigenvalue weighted by Crippen LogP contribution is 2.27. The van der Waals surface area contributed by atoms with Gasteiger partial charge in [-0.15, -0.1) is 0 Å². The highest BCUT2D eigenvalue weighted by molar-refractivity contribution is 5.93. The SMILES string of the molecule is CC=Cc1cc(N2CCN(CCC(C)(C)C)CC2)cc(C)c1CCc1ccc(C(=O)NO)cc1. The van der Waals surface area contributed by atoms with E-state index >= 15 is 0 Å². The summed E-state index contributed by atoms with van der Waals surface area (Å²) in [6, 6.07) is 12.1. The molecule has 2 aromatic rings. The van der Waals surface area contributed by atoms with E-state index in [9.17, 15) is 4.79 Å². The van der Waals surface area contributed by atoms with Gasteiger partial charge in [-0.05, 0) is 91.6 Å². The number of carbonyl (C=O) groups excluding carboxylic acids is 1. The van der Waals surface area contributed by atoms with E-state index < -0.39 is 5.91 Å². The van der Waals surface area contributed by atoms with Crippen LogP contribution in [0.2, 0.25) is 0 Å². The van der Waals surface area contributed by atoms with Crippen LogP contribution in [0, 0.1) is 12.3 Å². The third kappa shape index (κ3) is 7.18. The third-order valence-corrected chi connectivity index (χ3v) is 6.74. The summed E-state index contributed by atoms with van der Waals surface area (Å²) in [5, 5.41) is 8.79. The lowest BCUT2D eigenvalue weighted by atomic mass is 9.92. The van der Waals surface area contributed by atoms with Crippen LogP contribution in [0.15, 0.2) is 42.5 Å². The van der Waals surface area contributed by atoms with Crippen LogP contribution in [-0.2, 0) is 12.8 Å². The highest BCUT2D eigenvalue weighted by atomic mass is 16.5. The number of benzene rings is 2. The normalized spacial score (nSPS) is 15.2. The monoisotopic (exact) mass is 463 g/mol. The molecule has 0 saturated carbocycles. The van der Waals surface area contributed by atoms with E-state index in [0.717, 1.165) is 39.0 Å². The smallest absolute Gasteiger partial charge is 0.274 e. The van der Waals surface area contributed by atoms with Crippen molar-refractivity contribution in [2.24, 2.45) is 5.41 Å². The molecule has 1 heterocycles. The van der Waals surface area contributed by atoms with E-state index in [1.54, 1.807) is 17.6 Å². The number of allylic oxidation sites excluding steroid dienone is 1. The number of hydrogen-bond donors (Lipinski definition) is 2. The summed E-state index contributed by atoms with van der Waals surface area (Å²) in [4.78, 5) is 16.7. The predicted molar refractivity (Wildman–Crippen MR) is 142 cm³/mol. The van der Waals surface area contributed by atoms with Gasteiger partial charge in [-0.3, -0.25) is 14.9 Å². The largest absolute Gasteiger partial charge is 0.369 e. The number of hydroxylamine groups is 1. The van der Waals surface area contributed by atoms with Crippen molar-refractivity contribution < 1.29 is 10.0 Å². The van der Waals surface area contributed by atoms with Crippen molar-refractivity contribution >= 4 is 17.7 Å². The van der Waals surface area contributed by atoms with Crippen molar-refractivity contribution in [3.05, 3.63) is 70.3 Å². The van der Waals surface area contributed by atoms with E-state index in [2.05, 4.69) is 68.7 Å². The summed E-state index contributed by atoms with van der Waals surface area (Å²) in [5.41, 5.74) is 9.03. The number of nitrogens with one attached hydrogen (secondary N) is 1. The third-order valence-electron chi connectivity index (χ3n) is 6.74. The van der Waals surface area contributed by atoms with Gasteiger partial charge in [0.2, 0.25) is 0 Å². The summed E-state index contributed by atoms with van der Waals surface area (Å²) in [6.45, 7) is 16.8. The zero-order chi connectivity index (χ0) is 24.7. The minimum absolute atomic E-state index is 0.390. The molecule has 2 aromatic carbocycles. The van der Waals surface area contributed by atoms with Crippen molar-refractivity contribution in [2.75, 3.05) is 37.6 Å². The van der Waals surface area contributed by atoms with E-state index in [1.165, 1.54) is 40.9 Å². The number of piperazine rings is 1. The first-order chi connectivity index (χ1) is 16.2. The average molecular weight is 464 g/mol. The van der Waals surface area contributed by atoms with Gasteiger partial charge >= 0.3 is 0 Å². The number of anilines is 1. The minimum Gasteiger partial charge on any atom is -0.369 e. The molecule has 184 valence electrons. The molecule has 0 bridgehead atoms. The standard InChI is InChI=1S/C29H41N3O2/c1-6-7-25-21-26(32-18-16-31(17-19-32)15-14-29(3,4)5)20-22(2)27(25)13-10-23-8-11-24(12-9-23)28(33)30-34/h6-9,11-12,20-21,34H,10,13-19H2,1-5H3,(H,30,33). The lowest BCUT2D eigenvalue weighted by Crippen LogP contribution is -2.47. The number of amides is 1. The number of hydrogen-bond acceptors (Lipinski definition) is 4. The van der Waals surface area contributed by atoms with Crippen molar-refractivity contribution in [3.63, 3.8) is 0 Å². The Balaban J connectivity index is 1.67. The van der Waals surface area contributed by atoms with Gasteiger partial charge in [0, 0.05) is 37.4 Å². The first-order valence-corrected chi connectivity index (χ1v) is 12.5. The van der Waals surface area contributed by atoms with Gasteiger partial charge in [-0.25, -0.2) is 5.48 Å². The van der Waals surface area contributed by atoms with Crippen molar-refractivity contribution in [2.45, 2.75) is 53.9 Å². The quantitative estimate of drug-likeness (QED) is 0.401. The summed E-state index contributed by atoms with van der Waals surface area (Å²) < 4.78 is 0. The fraction of sp³-hybridized carbons (Fsp3) is 0.483. The van der Waals surface area contributed by atoms with Gasteiger partial charge in [-0.1, -0.05) is 45.1 Å². The Morgan fingerprint density at radius 2 is 1.74 bits per heavy atom. The summed E-state index contributed by atoms with van der Waals surface area (Å²) in [7, 11) is 0. The summed E-state index contributed by atoms with van der Waals surface area (Å²) in [5.74, 6) is -0.483. The van der Waals surface area contributed by atoms with Crippen molar-refractivity contribution in [1.82, 2.24) is 10.4 Å². The molecule has 5 heteroatoms. The zero-order valence-electron chi connectivity index (χ0n) is 21.5. The van der Waals surface area contributed by atoms with Crippen LogP contribution < -0.4 is 10.4 Å². The van der Waals surface area contributed by atoms with E-state index in [4.69, 9.17) is 5.21 Å². The minimum atomic E-state index is -0.483. The van der Waals surface area contributed by atoms with Gasteiger partial charge in [-0.2, -0.15) is 0 Å². The molecule has 3 rings (SSSR count). The molecule has 2 N–H and O–H groups in total. The Morgan fingerprint density at radius 1 is 1.06 bits per heavy atom. The average Bonchev–Trinajstić information content (AvgIpc) is 2.82. The first kappa shape index (κ1) is 26.0. The van der Waals surface area contributed by atoms with Gasteiger partial charge < -0.3 is 4.90 Å². The Labute approximate surface area is 205 Å². The van der Waals surface area contributed by atoms with E-state index in [0.29, 0.717) is 11.0 Å². The zero-order valence-corrected chi connectivity index (χ0v) is 21.5. The van der Waals surface area contributed by atoms with Crippen LogP contribution >= 0.6 is 0 Å². The molecule has 0 spiro atoms. The fourth-order valence-electron chi connectivity index (χ4n) is 4.56. The van der Waals surface area contributed by atoms with E-state index in [1.807, 2.05) is 12.1 Å². The van der Waals surface area contributed by atoms with E-state index in [-0.39, 0.29) is 0 Å². The summed E-state index contributed by atoms with van der Waals surface area (Å²) in [6.07, 6.45) is 7.43. The number of nitrogens with zero attached hydrogens (tertiary/aromatic N) is 2. The molecule has 0 unspecified atom stereocenters. The molecule has 1 aliphatic heterocycles. The lowest BCUT2D eigenvalue weighted by Gasteiger charge is -2.37. The Bertz CT molecular complexity index is 982. The first-order valence-electron chi connectivity index (χ1n) is 12.5. The molecule has 0 atom stereocenters. The Hall–Kier alpha value is -2.63. The lowest BCUT2D eigenvalue weighted by molar-refractivity contribution is 0.0706. The van der Waals surface area contributed by atoms with Crippen LogP contribution in [0.25, 0.3) is 6.08 Å². The molecule has 0 radical (unpaired) electrons. The molecular formula is C29H41N3O2. The predicted octanol–water partition coefficient (Wildman–Crippen LogP) is 5.49. The topological polar surface area (TPSA) is 55.8 Å². The Morgan fingerprint density at radius 3 is 2.32 bits per heavy atom. The van der Waals surface area contributed by atoms with Crippen LogP contribution in [0.5, 0.6) is 0 Å². The highest BCUT2D eigenvalue weighted by Gasteiger charge is 2.20. The fourth-order valence-corrected chi connectivity index (χ4v) is 4.56. The number of rotatable bonds is 8. The van der Waals surface area contributed by atoms with Gasteiger partial charge in [0.1, 0.15) is 0 Å². The number of carbonyl (C=O) groups is 1. The second kappa shape index (κ2) is 11.7. The Kier molecular flexibility index (Phi) is 8.92. The number of aryl methyl sites for hydroxylation is 2. The van der Waals surface area contributed by atoms with Crippen LogP contribution in [-0.4, -0.2) is 48.7 Å². The molecule has 1 amide bonds. The second-order valence-corrected chi connectivity index (χ2v) is 10.6.